The van der Waals surface area contributed by atoms with Crippen LogP contribution < -0.4 is 5.32 Å². The van der Waals surface area contributed by atoms with Crippen molar-refractivity contribution in [2.24, 2.45) is 5.92 Å². The van der Waals surface area contributed by atoms with Crippen molar-refractivity contribution < 1.29 is 4.74 Å². The summed E-state index contributed by atoms with van der Waals surface area (Å²) in [6, 6.07) is 0. The lowest BCUT2D eigenvalue weighted by molar-refractivity contribution is 0.144. The molecule has 12 heavy (non-hydrogen) atoms. The summed E-state index contributed by atoms with van der Waals surface area (Å²) in [5.41, 5.74) is 0. The second-order valence-corrected chi connectivity index (χ2v) is 3.55. The van der Waals surface area contributed by atoms with E-state index in [0.29, 0.717) is 0 Å². The SMILES string of the molecule is CCOCCCNCC1CCC1. The Kier molecular flexibility index (Phi) is 5.37. The van der Waals surface area contributed by atoms with Gasteiger partial charge < -0.3 is 10.1 Å². The highest BCUT2D eigenvalue weighted by Crippen LogP contribution is 2.24. The predicted molar refractivity (Wildman–Crippen MR) is 51.3 cm³/mol. The molecule has 0 radical (unpaired) electrons. The maximum atomic E-state index is 5.24. The quantitative estimate of drug-likeness (QED) is 0.590. The van der Waals surface area contributed by atoms with Gasteiger partial charge in [-0.05, 0) is 45.2 Å². The molecular weight excluding hydrogens is 150 g/mol. The van der Waals surface area contributed by atoms with Crippen molar-refractivity contribution in [3.63, 3.8) is 0 Å². The van der Waals surface area contributed by atoms with Crippen molar-refractivity contribution in [1.29, 1.82) is 0 Å². The molecule has 0 aromatic carbocycles. The predicted octanol–water partition coefficient (Wildman–Crippen LogP) is 1.80. The molecule has 0 heterocycles. The fourth-order valence-electron chi connectivity index (χ4n) is 1.45. The average molecular weight is 171 g/mol. The summed E-state index contributed by atoms with van der Waals surface area (Å²) in [7, 11) is 0. The summed E-state index contributed by atoms with van der Waals surface area (Å²) in [5, 5.41) is 3.47. The number of ether oxygens (including phenoxy) is 1. The minimum Gasteiger partial charge on any atom is -0.382 e. The van der Waals surface area contributed by atoms with Gasteiger partial charge in [-0.2, -0.15) is 0 Å². The molecule has 1 aliphatic rings. The van der Waals surface area contributed by atoms with Gasteiger partial charge in [0.2, 0.25) is 0 Å². The molecule has 2 heteroatoms. The summed E-state index contributed by atoms with van der Waals surface area (Å²) in [6.07, 6.45) is 5.49. The number of hydrogen-bond donors (Lipinski definition) is 1. The zero-order valence-electron chi connectivity index (χ0n) is 8.14. The van der Waals surface area contributed by atoms with E-state index in [1.807, 2.05) is 6.92 Å². The molecule has 1 saturated carbocycles. The highest BCUT2D eigenvalue weighted by molar-refractivity contribution is 4.71. The Hall–Kier alpha value is -0.0800. The summed E-state index contributed by atoms with van der Waals surface area (Å²) in [4.78, 5) is 0. The topological polar surface area (TPSA) is 21.3 Å². The van der Waals surface area contributed by atoms with Gasteiger partial charge in [-0.25, -0.2) is 0 Å². The van der Waals surface area contributed by atoms with E-state index in [4.69, 9.17) is 4.74 Å². The Labute approximate surface area is 75.7 Å². The van der Waals surface area contributed by atoms with E-state index in [1.54, 1.807) is 0 Å². The Morgan fingerprint density at radius 1 is 1.42 bits per heavy atom. The van der Waals surface area contributed by atoms with Crippen LogP contribution in [0.3, 0.4) is 0 Å². The average Bonchev–Trinajstić information content (AvgIpc) is 2.00. The molecular formula is C10H21NO. The summed E-state index contributed by atoms with van der Waals surface area (Å²) in [5.74, 6) is 0.983. The molecule has 0 aliphatic heterocycles. The van der Waals surface area contributed by atoms with Crippen molar-refractivity contribution >= 4 is 0 Å². The van der Waals surface area contributed by atoms with Crippen LogP contribution in [-0.4, -0.2) is 26.3 Å². The number of rotatable bonds is 7. The molecule has 0 amide bonds. The number of nitrogens with one attached hydrogen (secondary N) is 1. The standard InChI is InChI=1S/C10H21NO/c1-2-12-8-4-7-11-9-10-5-3-6-10/h10-11H,2-9H2,1H3. The van der Waals surface area contributed by atoms with E-state index < -0.39 is 0 Å². The van der Waals surface area contributed by atoms with E-state index in [-0.39, 0.29) is 0 Å². The van der Waals surface area contributed by atoms with Crippen molar-refractivity contribution in [2.45, 2.75) is 32.6 Å². The minimum atomic E-state index is 0.850. The highest BCUT2D eigenvalue weighted by atomic mass is 16.5. The third kappa shape index (κ3) is 4.07. The van der Waals surface area contributed by atoms with Gasteiger partial charge in [-0.1, -0.05) is 6.42 Å². The van der Waals surface area contributed by atoms with Crippen LogP contribution in [0.4, 0.5) is 0 Å². The zero-order chi connectivity index (χ0) is 8.65. The molecule has 1 fully saturated rings. The molecule has 1 aliphatic carbocycles. The highest BCUT2D eigenvalue weighted by Gasteiger charge is 2.15. The Morgan fingerprint density at radius 2 is 2.25 bits per heavy atom. The Balaban J connectivity index is 1.70. The monoisotopic (exact) mass is 171 g/mol. The van der Waals surface area contributed by atoms with Gasteiger partial charge in [-0.15, -0.1) is 0 Å². The molecule has 2 nitrogen and oxygen atoms in total. The molecule has 1 rings (SSSR count). The second kappa shape index (κ2) is 6.44. The fourth-order valence-corrected chi connectivity index (χ4v) is 1.45. The van der Waals surface area contributed by atoms with Crippen LogP contribution in [0.1, 0.15) is 32.6 Å². The summed E-state index contributed by atoms with van der Waals surface area (Å²) in [6.45, 7) is 6.15. The van der Waals surface area contributed by atoms with Crippen LogP contribution in [0.5, 0.6) is 0 Å². The Morgan fingerprint density at radius 3 is 2.83 bits per heavy atom. The van der Waals surface area contributed by atoms with E-state index >= 15 is 0 Å². The maximum absolute atomic E-state index is 5.24. The van der Waals surface area contributed by atoms with Crippen LogP contribution in [0.25, 0.3) is 0 Å². The van der Waals surface area contributed by atoms with Crippen molar-refractivity contribution in [1.82, 2.24) is 5.32 Å². The first-order valence-corrected chi connectivity index (χ1v) is 5.22. The van der Waals surface area contributed by atoms with Crippen LogP contribution in [-0.2, 0) is 4.74 Å². The lowest BCUT2D eigenvalue weighted by atomic mass is 9.85. The first kappa shape index (κ1) is 10.0. The van der Waals surface area contributed by atoms with Gasteiger partial charge in [0.1, 0.15) is 0 Å². The first-order valence-electron chi connectivity index (χ1n) is 5.22. The number of hydrogen-bond acceptors (Lipinski definition) is 2. The van der Waals surface area contributed by atoms with Gasteiger partial charge in [0.15, 0.2) is 0 Å². The van der Waals surface area contributed by atoms with Crippen LogP contribution in [0.2, 0.25) is 0 Å². The smallest absolute Gasteiger partial charge is 0.0477 e. The van der Waals surface area contributed by atoms with Gasteiger partial charge in [0.05, 0.1) is 0 Å². The molecule has 0 atom stereocenters. The third-order valence-electron chi connectivity index (χ3n) is 2.50. The minimum absolute atomic E-state index is 0.850. The lowest BCUT2D eigenvalue weighted by Crippen LogP contribution is -2.28. The van der Waals surface area contributed by atoms with E-state index in [1.165, 1.54) is 25.8 Å². The van der Waals surface area contributed by atoms with Gasteiger partial charge in [-0.3, -0.25) is 0 Å². The fraction of sp³-hybridized carbons (Fsp3) is 1.00. The van der Waals surface area contributed by atoms with Gasteiger partial charge >= 0.3 is 0 Å². The summed E-state index contributed by atoms with van der Waals surface area (Å²) >= 11 is 0. The van der Waals surface area contributed by atoms with Crippen molar-refractivity contribution in [3.8, 4) is 0 Å². The molecule has 0 bridgehead atoms. The largest absolute Gasteiger partial charge is 0.382 e. The van der Waals surface area contributed by atoms with Crippen LogP contribution in [0.15, 0.2) is 0 Å². The molecule has 0 aromatic rings. The van der Waals surface area contributed by atoms with Crippen LogP contribution in [0, 0.1) is 5.92 Å². The lowest BCUT2D eigenvalue weighted by Gasteiger charge is -2.25. The maximum Gasteiger partial charge on any atom is 0.0477 e. The van der Waals surface area contributed by atoms with Crippen molar-refractivity contribution in [2.75, 3.05) is 26.3 Å². The van der Waals surface area contributed by atoms with E-state index in [0.717, 1.165) is 32.1 Å². The van der Waals surface area contributed by atoms with Crippen LogP contribution >= 0.6 is 0 Å². The van der Waals surface area contributed by atoms with E-state index in [9.17, 15) is 0 Å². The normalized spacial score (nSPS) is 17.8. The Bertz CT molecular complexity index is 102. The molecule has 0 spiro atoms. The molecule has 1 N–H and O–H groups in total. The third-order valence-corrected chi connectivity index (χ3v) is 2.50. The van der Waals surface area contributed by atoms with Gasteiger partial charge in [0.25, 0.3) is 0 Å². The van der Waals surface area contributed by atoms with Gasteiger partial charge in [0, 0.05) is 13.2 Å². The zero-order valence-corrected chi connectivity index (χ0v) is 8.14. The van der Waals surface area contributed by atoms with Crippen molar-refractivity contribution in [3.05, 3.63) is 0 Å². The van der Waals surface area contributed by atoms with E-state index in [2.05, 4.69) is 5.32 Å². The molecule has 0 unspecified atom stereocenters. The first-order chi connectivity index (χ1) is 5.93. The molecule has 0 saturated heterocycles. The molecule has 0 aromatic heterocycles. The summed E-state index contributed by atoms with van der Waals surface area (Å²) < 4.78 is 5.24. The molecule has 72 valence electrons. The second-order valence-electron chi connectivity index (χ2n) is 3.55.